The molecular weight excluding hydrogens is 104 g/mol. The molecule has 4 nitrogen and oxygen atoms in total. The second kappa shape index (κ2) is 1.99. The minimum absolute atomic E-state index is 0.426. The van der Waals surface area contributed by atoms with Crippen LogP contribution in [0.1, 0.15) is 6.92 Å². The van der Waals surface area contributed by atoms with E-state index in [1.807, 2.05) is 24.1 Å². The van der Waals surface area contributed by atoms with Crippen LogP contribution < -0.4 is 11.1 Å². The van der Waals surface area contributed by atoms with Crippen molar-refractivity contribution < 1.29 is 0 Å². The van der Waals surface area contributed by atoms with Gasteiger partial charge in [0.15, 0.2) is 0 Å². The van der Waals surface area contributed by atoms with Gasteiger partial charge in [-0.2, -0.15) is 11.1 Å². The van der Waals surface area contributed by atoms with Gasteiger partial charge in [0.1, 0.15) is 0 Å². The molecule has 0 aromatic heterocycles. The third kappa shape index (κ3) is 0.830. The molecule has 1 saturated heterocycles. The Hall–Kier alpha value is -0.160. The normalized spacial score (nSPS) is 27.4. The Morgan fingerprint density at radius 2 is 1.50 bits per heavy atom. The topological polar surface area (TPSA) is 30.5 Å². The number of hydrogen-bond donors (Lipinski definition) is 2. The Labute approximate surface area is 49.4 Å². The van der Waals surface area contributed by atoms with Gasteiger partial charge in [-0.3, -0.25) is 0 Å². The van der Waals surface area contributed by atoms with E-state index in [9.17, 15) is 0 Å². The lowest BCUT2D eigenvalue weighted by Crippen LogP contribution is -2.35. The lowest BCUT2D eigenvalue weighted by Gasteiger charge is -2.15. The molecule has 0 atom stereocenters. The van der Waals surface area contributed by atoms with Crippen molar-refractivity contribution in [2.75, 3.05) is 14.1 Å². The zero-order chi connectivity index (χ0) is 6.15. The highest BCUT2D eigenvalue weighted by molar-refractivity contribution is 4.58. The second-order valence-electron chi connectivity index (χ2n) is 2.08. The van der Waals surface area contributed by atoms with E-state index in [4.69, 9.17) is 0 Å². The van der Waals surface area contributed by atoms with E-state index < -0.39 is 0 Å². The van der Waals surface area contributed by atoms with Crippen LogP contribution in [0, 0.1) is 0 Å². The molecule has 1 aliphatic heterocycles. The summed E-state index contributed by atoms with van der Waals surface area (Å²) in [6.07, 6.45) is 0.426. The monoisotopic (exact) mass is 116 g/mol. The van der Waals surface area contributed by atoms with Gasteiger partial charge in [-0.1, -0.05) is 0 Å². The van der Waals surface area contributed by atoms with Gasteiger partial charge in [-0.15, -0.1) is 0 Å². The first-order valence-corrected chi connectivity index (χ1v) is 2.69. The lowest BCUT2D eigenvalue weighted by molar-refractivity contribution is 0.177. The molecule has 1 rings (SSSR count). The molecule has 0 aliphatic carbocycles. The van der Waals surface area contributed by atoms with E-state index in [0.717, 1.165) is 0 Å². The van der Waals surface area contributed by atoms with Crippen molar-refractivity contribution in [3.05, 3.63) is 0 Å². The van der Waals surface area contributed by atoms with E-state index in [1.54, 1.807) is 0 Å². The number of nitrogens with zero attached hydrogens (tertiary/aromatic N) is 2. The maximum Gasteiger partial charge on any atom is 0.0881 e. The maximum absolute atomic E-state index is 2.93. The van der Waals surface area contributed by atoms with E-state index in [1.165, 1.54) is 0 Å². The Kier molecular flexibility index (Phi) is 1.48. The fourth-order valence-electron chi connectivity index (χ4n) is 0.604. The molecule has 8 heavy (non-hydrogen) atoms. The number of nitrogens with one attached hydrogen (secondary N) is 2. The lowest BCUT2D eigenvalue weighted by atomic mass is 10.5. The fourth-order valence-corrected chi connectivity index (χ4v) is 0.604. The molecule has 48 valence electrons. The van der Waals surface area contributed by atoms with Crippen molar-refractivity contribution in [1.82, 2.24) is 21.1 Å². The molecule has 0 spiro atoms. The van der Waals surface area contributed by atoms with E-state index in [-0.39, 0.29) is 0 Å². The highest BCUT2D eigenvalue weighted by atomic mass is 15.9. The van der Waals surface area contributed by atoms with Crippen molar-refractivity contribution >= 4 is 0 Å². The van der Waals surface area contributed by atoms with Crippen LogP contribution in [0.4, 0.5) is 0 Å². The smallest absolute Gasteiger partial charge is 0.0881 e. The minimum atomic E-state index is 0.426. The van der Waals surface area contributed by atoms with E-state index in [2.05, 4.69) is 18.0 Å². The standard InChI is InChI=1S/C4H12N4/c1-4-7(2)5-6-8(4)3/h4-6H,1-3H3. The number of hydrazine groups is 3. The van der Waals surface area contributed by atoms with Gasteiger partial charge in [0.2, 0.25) is 0 Å². The molecule has 1 fully saturated rings. The highest BCUT2D eigenvalue weighted by Gasteiger charge is 2.19. The zero-order valence-electron chi connectivity index (χ0n) is 5.47. The van der Waals surface area contributed by atoms with Crippen molar-refractivity contribution in [2.45, 2.75) is 13.1 Å². The fraction of sp³-hybridized carbons (Fsp3) is 1.00. The van der Waals surface area contributed by atoms with Gasteiger partial charge in [0, 0.05) is 14.1 Å². The first-order chi connectivity index (χ1) is 3.72. The molecule has 0 aromatic carbocycles. The maximum atomic E-state index is 2.93. The average molecular weight is 116 g/mol. The zero-order valence-corrected chi connectivity index (χ0v) is 5.47. The van der Waals surface area contributed by atoms with Gasteiger partial charge in [-0.05, 0) is 6.92 Å². The minimum Gasteiger partial charge on any atom is -0.214 e. The summed E-state index contributed by atoms with van der Waals surface area (Å²) < 4.78 is 0. The third-order valence-corrected chi connectivity index (χ3v) is 1.52. The molecule has 0 unspecified atom stereocenters. The van der Waals surface area contributed by atoms with Crippen LogP contribution in [0.3, 0.4) is 0 Å². The predicted molar refractivity (Wildman–Crippen MR) is 31.3 cm³/mol. The quantitative estimate of drug-likeness (QED) is 0.431. The van der Waals surface area contributed by atoms with Gasteiger partial charge in [-0.25, -0.2) is 10.0 Å². The summed E-state index contributed by atoms with van der Waals surface area (Å²) in [6.45, 7) is 2.10. The predicted octanol–water partition coefficient (Wildman–Crippen LogP) is -0.866. The van der Waals surface area contributed by atoms with Crippen molar-refractivity contribution in [1.29, 1.82) is 0 Å². The molecule has 1 aliphatic rings. The molecule has 1 heterocycles. The largest absolute Gasteiger partial charge is 0.214 e. The summed E-state index contributed by atoms with van der Waals surface area (Å²) in [5.41, 5.74) is 5.86. The van der Waals surface area contributed by atoms with Crippen LogP contribution in [0.2, 0.25) is 0 Å². The summed E-state index contributed by atoms with van der Waals surface area (Å²) in [5.74, 6) is 0. The van der Waals surface area contributed by atoms with Crippen molar-refractivity contribution in [3.63, 3.8) is 0 Å². The second-order valence-corrected chi connectivity index (χ2v) is 2.08. The van der Waals surface area contributed by atoms with Crippen LogP contribution in [-0.4, -0.2) is 30.3 Å². The van der Waals surface area contributed by atoms with Crippen LogP contribution in [0.5, 0.6) is 0 Å². The first-order valence-electron chi connectivity index (χ1n) is 2.69. The third-order valence-electron chi connectivity index (χ3n) is 1.52. The van der Waals surface area contributed by atoms with E-state index in [0.29, 0.717) is 6.17 Å². The summed E-state index contributed by atoms with van der Waals surface area (Å²) in [5, 5.41) is 3.97. The molecule has 0 saturated carbocycles. The van der Waals surface area contributed by atoms with Crippen LogP contribution in [-0.2, 0) is 0 Å². The van der Waals surface area contributed by atoms with Crippen molar-refractivity contribution in [2.24, 2.45) is 0 Å². The summed E-state index contributed by atoms with van der Waals surface area (Å²) in [6, 6.07) is 0. The highest BCUT2D eigenvalue weighted by Crippen LogP contribution is 1.97. The van der Waals surface area contributed by atoms with Gasteiger partial charge in [0.05, 0.1) is 6.17 Å². The molecule has 4 heteroatoms. The first kappa shape index (κ1) is 5.97. The number of hydrogen-bond acceptors (Lipinski definition) is 4. The Morgan fingerprint density at radius 1 is 1.12 bits per heavy atom. The van der Waals surface area contributed by atoms with Gasteiger partial charge < -0.3 is 0 Å². The van der Waals surface area contributed by atoms with Crippen molar-refractivity contribution in [3.8, 4) is 0 Å². The molecule has 0 aromatic rings. The Morgan fingerprint density at radius 3 is 1.62 bits per heavy atom. The van der Waals surface area contributed by atoms with Gasteiger partial charge >= 0.3 is 0 Å². The Bertz CT molecular complexity index is 74.1. The summed E-state index contributed by atoms with van der Waals surface area (Å²) >= 11 is 0. The SMILES string of the molecule is CC1N(C)NNN1C. The molecule has 0 amide bonds. The molecule has 0 radical (unpaired) electrons. The van der Waals surface area contributed by atoms with E-state index >= 15 is 0 Å². The number of rotatable bonds is 0. The summed E-state index contributed by atoms with van der Waals surface area (Å²) in [4.78, 5) is 0. The van der Waals surface area contributed by atoms with Gasteiger partial charge in [0.25, 0.3) is 0 Å². The van der Waals surface area contributed by atoms with Crippen LogP contribution in [0.15, 0.2) is 0 Å². The molecule has 2 N–H and O–H groups in total. The summed E-state index contributed by atoms with van der Waals surface area (Å²) in [7, 11) is 3.97. The molecule has 0 bridgehead atoms. The average Bonchev–Trinajstić information content (AvgIpc) is 1.98. The molecular formula is C4H12N4. The van der Waals surface area contributed by atoms with Crippen LogP contribution >= 0.6 is 0 Å². The van der Waals surface area contributed by atoms with Crippen LogP contribution in [0.25, 0.3) is 0 Å². The Balaban J connectivity index is 2.44.